The second-order valence-electron chi connectivity index (χ2n) is 4.42. The Morgan fingerprint density at radius 2 is 2.05 bits per heavy atom. The molecule has 0 amide bonds. The van der Waals surface area contributed by atoms with E-state index < -0.39 is 0 Å². The maximum Gasteiger partial charge on any atom is 0.307 e. The summed E-state index contributed by atoms with van der Waals surface area (Å²) in [7, 11) is 0. The highest BCUT2D eigenvalue weighted by Gasteiger charge is 2.01. The first-order chi connectivity index (χ1) is 9.13. The molecule has 0 aliphatic rings. The van der Waals surface area contributed by atoms with E-state index in [2.05, 4.69) is 17.4 Å². The number of carbonyl (C=O) groups excluding carboxylic acids is 1. The smallest absolute Gasteiger partial charge is 0.307 e. The fourth-order valence-electron chi connectivity index (χ4n) is 1.64. The number of hydrogen-bond donors (Lipinski definition) is 1. The van der Waals surface area contributed by atoms with Crippen molar-refractivity contribution in [3.63, 3.8) is 0 Å². The van der Waals surface area contributed by atoms with E-state index in [1.54, 1.807) is 0 Å². The summed E-state index contributed by atoms with van der Waals surface area (Å²) in [5.41, 5.74) is 2.33. The summed E-state index contributed by atoms with van der Waals surface area (Å²) >= 11 is 0. The molecular formula is C15H23NO3. The van der Waals surface area contributed by atoms with Crippen molar-refractivity contribution in [3.8, 4) is 5.75 Å². The number of rotatable bonds is 8. The zero-order valence-corrected chi connectivity index (χ0v) is 12.0. The maximum absolute atomic E-state index is 11.1. The Kier molecular flexibility index (Phi) is 6.97. The lowest BCUT2D eigenvalue weighted by molar-refractivity contribution is -0.142. The average molecular weight is 265 g/mol. The minimum atomic E-state index is -0.162. The Morgan fingerprint density at radius 1 is 1.26 bits per heavy atom. The number of ether oxygens (including phenoxy) is 2. The standard InChI is InChI=1S/C15H23NO3/c1-4-18-15(17)7-8-16-9-10-19-14-11-12(2)5-6-13(14)3/h5-6,11,16H,4,7-10H2,1-3H3. The van der Waals surface area contributed by atoms with Crippen molar-refractivity contribution >= 4 is 5.97 Å². The molecule has 0 aliphatic carbocycles. The van der Waals surface area contributed by atoms with Gasteiger partial charge in [0.05, 0.1) is 13.0 Å². The first kappa shape index (κ1) is 15.5. The zero-order chi connectivity index (χ0) is 14.1. The van der Waals surface area contributed by atoms with Crippen LogP contribution in [0.1, 0.15) is 24.5 Å². The molecule has 4 nitrogen and oxygen atoms in total. The molecule has 0 aliphatic heterocycles. The summed E-state index contributed by atoms with van der Waals surface area (Å²) in [6, 6.07) is 6.16. The highest BCUT2D eigenvalue weighted by Crippen LogP contribution is 2.18. The topological polar surface area (TPSA) is 47.6 Å². The Bertz CT molecular complexity index is 404. The van der Waals surface area contributed by atoms with Gasteiger partial charge in [-0.2, -0.15) is 0 Å². The largest absolute Gasteiger partial charge is 0.492 e. The lowest BCUT2D eigenvalue weighted by Gasteiger charge is -2.10. The molecule has 0 atom stereocenters. The molecule has 1 rings (SSSR count). The van der Waals surface area contributed by atoms with Crippen molar-refractivity contribution < 1.29 is 14.3 Å². The summed E-state index contributed by atoms with van der Waals surface area (Å²) in [4.78, 5) is 11.1. The van der Waals surface area contributed by atoms with Crippen LogP contribution in [0.4, 0.5) is 0 Å². The molecular weight excluding hydrogens is 242 g/mol. The third-order valence-electron chi connectivity index (χ3n) is 2.69. The van der Waals surface area contributed by atoms with Gasteiger partial charge in [0.1, 0.15) is 12.4 Å². The fourth-order valence-corrected chi connectivity index (χ4v) is 1.64. The summed E-state index contributed by atoms with van der Waals surface area (Å²) in [5.74, 6) is 0.762. The van der Waals surface area contributed by atoms with Gasteiger partial charge in [-0.15, -0.1) is 0 Å². The van der Waals surface area contributed by atoms with Gasteiger partial charge in [0.15, 0.2) is 0 Å². The normalized spacial score (nSPS) is 10.3. The molecule has 4 heteroatoms. The summed E-state index contributed by atoms with van der Waals surface area (Å²) in [5, 5.41) is 3.15. The number of aryl methyl sites for hydroxylation is 2. The lowest BCUT2D eigenvalue weighted by atomic mass is 10.1. The van der Waals surface area contributed by atoms with Crippen LogP contribution in [0, 0.1) is 13.8 Å². The first-order valence-electron chi connectivity index (χ1n) is 6.70. The van der Waals surface area contributed by atoms with E-state index in [-0.39, 0.29) is 5.97 Å². The Hall–Kier alpha value is -1.55. The van der Waals surface area contributed by atoms with Crippen LogP contribution in [-0.2, 0) is 9.53 Å². The molecule has 0 heterocycles. The van der Waals surface area contributed by atoms with E-state index in [1.165, 1.54) is 5.56 Å². The van der Waals surface area contributed by atoms with Crippen molar-refractivity contribution in [2.75, 3.05) is 26.3 Å². The molecule has 106 valence electrons. The summed E-state index contributed by atoms with van der Waals surface area (Å²) in [6.45, 7) is 8.25. The van der Waals surface area contributed by atoms with Crippen molar-refractivity contribution in [3.05, 3.63) is 29.3 Å². The second-order valence-corrected chi connectivity index (χ2v) is 4.42. The fraction of sp³-hybridized carbons (Fsp3) is 0.533. The summed E-state index contributed by atoms with van der Waals surface area (Å²) in [6.07, 6.45) is 0.400. The molecule has 0 radical (unpaired) electrons. The Labute approximate surface area is 115 Å². The second kappa shape index (κ2) is 8.53. The molecule has 0 unspecified atom stereocenters. The minimum Gasteiger partial charge on any atom is -0.492 e. The van der Waals surface area contributed by atoms with Crippen molar-refractivity contribution in [2.24, 2.45) is 0 Å². The molecule has 19 heavy (non-hydrogen) atoms. The molecule has 0 saturated heterocycles. The van der Waals surface area contributed by atoms with Gasteiger partial charge in [-0.3, -0.25) is 4.79 Å². The molecule has 1 aromatic carbocycles. The van der Waals surface area contributed by atoms with E-state index in [0.717, 1.165) is 11.3 Å². The van der Waals surface area contributed by atoms with E-state index in [0.29, 0.717) is 32.7 Å². The van der Waals surface area contributed by atoms with Crippen molar-refractivity contribution in [1.29, 1.82) is 0 Å². The van der Waals surface area contributed by atoms with Gasteiger partial charge in [0, 0.05) is 13.1 Å². The van der Waals surface area contributed by atoms with Crippen LogP contribution in [0.25, 0.3) is 0 Å². The number of nitrogens with one attached hydrogen (secondary N) is 1. The van der Waals surface area contributed by atoms with Crippen LogP contribution in [0.3, 0.4) is 0 Å². The lowest BCUT2D eigenvalue weighted by Crippen LogP contribution is -2.24. The van der Waals surface area contributed by atoms with E-state index in [4.69, 9.17) is 9.47 Å². The minimum absolute atomic E-state index is 0.162. The van der Waals surface area contributed by atoms with Gasteiger partial charge >= 0.3 is 5.97 Å². The number of hydrogen-bond acceptors (Lipinski definition) is 4. The van der Waals surface area contributed by atoms with Crippen molar-refractivity contribution in [2.45, 2.75) is 27.2 Å². The molecule has 0 saturated carbocycles. The maximum atomic E-state index is 11.1. The van der Waals surface area contributed by atoms with Crippen LogP contribution in [-0.4, -0.2) is 32.3 Å². The predicted octanol–water partition coefficient (Wildman–Crippen LogP) is 2.23. The van der Waals surface area contributed by atoms with Crippen molar-refractivity contribution in [1.82, 2.24) is 5.32 Å². The Balaban J connectivity index is 2.14. The molecule has 0 spiro atoms. The van der Waals surface area contributed by atoms with Gasteiger partial charge in [0.2, 0.25) is 0 Å². The van der Waals surface area contributed by atoms with E-state index in [9.17, 15) is 4.79 Å². The van der Waals surface area contributed by atoms with Gasteiger partial charge in [-0.25, -0.2) is 0 Å². The zero-order valence-electron chi connectivity index (χ0n) is 12.0. The van der Waals surface area contributed by atoms with E-state index in [1.807, 2.05) is 26.8 Å². The molecule has 1 N–H and O–H groups in total. The van der Waals surface area contributed by atoms with Gasteiger partial charge in [0.25, 0.3) is 0 Å². The van der Waals surface area contributed by atoms with Gasteiger partial charge in [-0.05, 0) is 38.0 Å². The van der Waals surface area contributed by atoms with Gasteiger partial charge < -0.3 is 14.8 Å². The quantitative estimate of drug-likeness (QED) is 0.578. The predicted molar refractivity (Wildman–Crippen MR) is 75.5 cm³/mol. The summed E-state index contributed by atoms with van der Waals surface area (Å²) < 4.78 is 10.5. The monoisotopic (exact) mass is 265 g/mol. The van der Waals surface area contributed by atoms with Crippen LogP contribution in [0.15, 0.2) is 18.2 Å². The molecule has 0 aromatic heterocycles. The third-order valence-corrected chi connectivity index (χ3v) is 2.69. The molecule has 0 bridgehead atoms. The number of esters is 1. The van der Waals surface area contributed by atoms with Crippen LogP contribution >= 0.6 is 0 Å². The Morgan fingerprint density at radius 3 is 2.79 bits per heavy atom. The first-order valence-corrected chi connectivity index (χ1v) is 6.70. The SMILES string of the molecule is CCOC(=O)CCNCCOc1cc(C)ccc1C. The van der Waals surface area contributed by atoms with Gasteiger partial charge in [-0.1, -0.05) is 12.1 Å². The molecule has 0 fully saturated rings. The van der Waals surface area contributed by atoms with Crippen LogP contribution < -0.4 is 10.1 Å². The highest BCUT2D eigenvalue weighted by molar-refractivity contribution is 5.69. The van der Waals surface area contributed by atoms with Crippen LogP contribution in [0.5, 0.6) is 5.75 Å². The highest BCUT2D eigenvalue weighted by atomic mass is 16.5. The van der Waals surface area contributed by atoms with E-state index >= 15 is 0 Å². The number of benzene rings is 1. The van der Waals surface area contributed by atoms with Crippen LogP contribution in [0.2, 0.25) is 0 Å². The third kappa shape index (κ3) is 6.25. The molecule has 1 aromatic rings. The number of carbonyl (C=O) groups is 1. The average Bonchev–Trinajstić information content (AvgIpc) is 2.38.